The van der Waals surface area contributed by atoms with Crippen molar-refractivity contribution in [2.75, 3.05) is 13.2 Å². The predicted octanol–water partition coefficient (Wildman–Crippen LogP) is 1.99. The van der Waals surface area contributed by atoms with Gasteiger partial charge in [0.15, 0.2) is 11.4 Å². The summed E-state index contributed by atoms with van der Waals surface area (Å²) in [6.07, 6.45) is 0. The van der Waals surface area contributed by atoms with Crippen LogP contribution in [0.5, 0.6) is 5.75 Å². The van der Waals surface area contributed by atoms with Crippen LogP contribution in [-0.2, 0) is 28.4 Å². The Balaban J connectivity index is 2.35. The van der Waals surface area contributed by atoms with Crippen LogP contribution in [0.25, 0.3) is 5.69 Å². The number of hydrogen-bond donors (Lipinski definition) is 0. The zero-order chi connectivity index (χ0) is 23.5. The average molecular weight is 492 g/mol. The molecule has 168 valence electrons. The quantitative estimate of drug-likeness (QED) is 0.428. The second-order valence-corrected chi connectivity index (χ2v) is 8.38. The second kappa shape index (κ2) is 10.2. The molecule has 1 aromatic heterocycles. The van der Waals surface area contributed by atoms with E-state index in [1.165, 1.54) is 21.0 Å². The van der Waals surface area contributed by atoms with Crippen LogP contribution >= 0.6 is 35.6 Å². The first-order valence-electron chi connectivity index (χ1n) is 8.87. The van der Waals surface area contributed by atoms with Gasteiger partial charge in [0.1, 0.15) is 16.8 Å². The van der Waals surface area contributed by atoms with Gasteiger partial charge in [0, 0.05) is 20.2 Å². The lowest BCUT2D eigenvalue weighted by Gasteiger charge is -2.14. The van der Waals surface area contributed by atoms with Gasteiger partial charge in [0.2, 0.25) is 5.12 Å². The smallest absolute Gasteiger partial charge is 0.338 e. The molecule has 0 aliphatic carbocycles. The molecule has 1 heterocycles. The van der Waals surface area contributed by atoms with Crippen molar-refractivity contribution in [3.8, 4) is 11.4 Å². The molecule has 0 aliphatic rings. The van der Waals surface area contributed by atoms with E-state index in [1.807, 2.05) is 0 Å². The van der Waals surface area contributed by atoms with E-state index in [1.54, 1.807) is 6.92 Å². The minimum atomic E-state index is -0.953. The van der Waals surface area contributed by atoms with Gasteiger partial charge in [-0.25, -0.2) is 18.5 Å². The number of thioether (sulfide) groups is 1. The lowest BCUT2D eigenvalue weighted by molar-refractivity contribution is -0.142. The van der Waals surface area contributed by atoms with Crippen LogP contribution in [0.3, 0.4) is 0 Å². The molecule has 2 rings (SSSR count). The fourth-order valence-corrected chi connectivity index (χ4v) is 3.50. The first-order valence-corrected chi connectivity index (χ1v) is 10.5. The van der Waals surface area contributed by atoms with Crippen molar-refractivity contribution in [1.29, 1.82) is 0 Å². The maximum absolute atomic E-state index is 14.6. The molecule has 0 saturated carbocycles. The van der Waals surface area contributed by atoms with E-state index >= 15 is 0 Å². The number of nitrogens with zero attached hydrogens (tertiary/aromatic N) is 3. The summed E-state index contributed by atoms with van der Waals surface area (Å²) in [4.78, 5) is 48.8. The summed E-state index contributed by atoms with van der Waals surface area (Å²) < 4.78 is 27.3. The normalized spacial score (nSPS) is 11.8. The summed E-state index contributed by atoms with van der Waals surface area (Å²) in [5.41, 5.74) is -2.15. The topological polar surface area (TPSA) is 102 Å². The molecule has 0 fully saturated rings. The van der Waals surface area contributed by atoms with Gasteiger partial charge in [-0.1, -0.05) is 23.4 Å². The molecule has 0 N–H and O–H groups in total. The first-order chi connectivity index (χ1) is 14.5. The predicted molar refractivity (Wildman–Crippen MR) is 116 cm³/mol. The van der Waals surface area contributed by atoms with Gasteiger partial charge in [0.25, 0.3) is 0 Å². The molecule has 2 aromatic rings. The zero-order valence-electron chi connectivity index (χ0n) is 17.0. The zero-order valence-corrected chi connectivity index (χ0v) is 19.4. The fraction of sp³-hybridized carbons (Fsp3) is 0.389. The summed E-state index contributed by atoms with van der Waals surface area (Å²) in [5, 5.41) is -1.42. The third kappa shape index (κ3) is 5.43. The summed E-state index contributed by atoms with van der Waals surface area (Å²) in [6, 6.07) is 1.90. The van der Waals surface area contributed by atoms with Gasteiger partial charge in [-0.3, -0.25) is 18.7 Å². The summed E-state index contributed by atoms with van der Waals surface area (Å²) in [6.45, 7) is 2.85. The second-order valence-electron chi connectivity index (χ2n) is 6.21. The van der Waals surface area contributed by atoms with E-state index in [-0.39, 0.29) is 22.2 Å². The number of carbonyl (C=O) groups is 2. The van der Waals surface area contributed by atoms with Gasteiger partial charge in [-0.05, 0) is 32.1 Å². The van der Waals surface area contributed by atoms with E-state index in [4.69, 9.17) is 33.3 Å². The number of esters is 1. The number of ether oxygens (including phenoxy) is 2. The number of benzene rings is 1. The summed E-state index contributed by atoms with van der Waals surface area (Å²) >= 11 is 11.7. The lowest BCUT2D eigenvalue weighted by Crippen LogP contribution is -2.43. The minimum Gasteiger partial charge on any atom is -0.483 e. The molecule has 9 nitrogen and oxygen atoms in total. The van der Waals surface area contributed by atoms with E-state index in [2.05, 4.69) is 0 Å². The van der Waals surface area contributed by atoms with Crippen molar-refractivity contribution in [1.82, 2.24) is 13.7 Å². The SMILES string of the molecule is CCOC(=O)C(C)SC(=O)COc1cc(-n2c(=O)n(C)c(=S)n(C)c2=O)c(F)cc1Cl. The Hall–Kier alpha value is -2.44. The highest BCUT2D eigenvalue weighted by molar-refractivity contribution is 8.14. The molecule has 1 aromatic carbocycles. The Labute approximate surface area is 190 Å². The van der Waals surface area contributed by atoms with Gasteiger partial charge < -0.3 is 9.47 Å². The number of hydrogen-bond acceptors (Lipinski definition) is 8. The largest absolute Gasteiger partial charge is 0.483 e. The molecule has 13 heteroatoms. The van der Waals surface area contributed by atoms with Crippen LogP contribution in [0.1, 0.15) is 13.8 Å². The maximum Gasteiger partial charge on any atom is 0.338 e. The van der Waals surface area contributed by atoms with Gasteiger partial charge in [0.05, 0.1) is 17.3 Å². The van der Waals surface area contributed by atoms with Crippen molar-refractivity contribution in [3.63, 3.8) is 0 Å². The van der Waals surface area contributed by atoms with E-state index < -0.39 is 45.8 Å². The Morgan fingerprint density at radius 3 is 2.35 bits per heavy atom. The molecule has 1 unspecified atom stereocenters. The van der Waals surface area contributed by atoms with Crippen molar-refractivity contribution in [2.24, 2.45) is 14.1 Å². The molecule has 0 radical (unpaired) electrons. The molecular formula is C18H19ClFN3O6S2. The van der Waals surface area contributed by atoms with Gasteiger partial charge >= 0.3 is 17.3 Å². The van der Waals surface area contributed by atoms with Crippen LogP contribution in [0, 0.1) is 10.6 Å². The number of rotatable bonds is 7. The van der Waals surface area contributed by atoms with E-state index in [0.29, 0.717) is 16.3 Å². The molecule has 0 amide bonds. The van der Waals surface area contributed by atoms with Gasteiger partial charge in [-0.2, -0.15) is 0 Å². The number of aromatic nitrogens is 3. The van der Waals surface area contributed by atoms with Crippen LogP contribution < -0.4 is 16.1 Å². The number of carbonyl (C=O) groups excluding carboxylic acids is 2. The van der Waals surface area contributed by atoms with Crippen LogP contribution in [-0.4, -0.2) is 43.2 Å². The first kappa shape index (κ1) is 24.8. The molecule has 0 spiro atoms. The Bertz CT molecular complexity index is 1170. The van der Waals surface area contributed by atoms with E-state index in [0.717, 1.165) is 21.3 Å². The molecule has 0 aliphatic heterocycles. The van der Waals surface area contributed by atoms with Crippen molar-refractivity contribution >= 4 is 46.7 Å². The van der Waals surface area contributed by atoms with Crippen molar-refractivity contribution < 1.29 is 23.5 Å². The lowest BCUT2D eigenvalue weighted by atomic mass is 10.2. The standard InChI is InChI=1S/C18H19ClFN3O6S2/c1-5-28-15(25)9(2)31-14(24)8-29-13-7-12(11(20)6-10(13)19)23-16(26)21(3)18(30)22(4)17(23)27/h6-7,9H,5,8H2,1-4H3. The van der Waals surface area contributed by atoms with Gasteiger partial charge in [-0.15, -0.1) is 0 Å². The highest BCUT2D eigenvalue weighted by atomic mass is 35.5. The Morgan fingerprint density at radius 2 is 1.81 bits per heavy atom. The fourth-order valence-electron chi connectivity index (χ4n) is 2.45. The molecular weight excluding hydrogens is 473 g/mol. The Kier molecular flexibility index (Phi) is 8.21. The average Bonchev–Trinajstić information content (AvgIpc) is 2.71. The summed E-state index contributed by atoms with van der Waals surface area (Å²) in [5.74, 6) is -1.63. The van der Waals surface area contributed by atoms with E-state index in [9.17, 15) is 23.6 Å². The molecule has 31 heavy (non-hydrogen) atoms. The number of halogens is 2. The molecule has 1 atom stereocenters. The highest BCUT2D eigenvalue weighted by Crippen LogP contribution is 2.29. The van der Waals surface area contributed by atoms with Crippen LogP contribution in [0.15, 0.2) is 21.7 Å². The third-order valence-electron chi connectivity index (χ3n) is 4.04. The third-order valence-corrected chi connectivity index (χ3v) is 5.81. The minimum absolute atomic E-state index is 0.0459. The van der Waals surface area contributed by atoms with Crippen LogP contribution in [0.4, 0.5) is 4.39 Å². The van der Waals surface area contributed by atoms with Crippen molar-refractivity contribution in [2.45, 2.75) is 19.1 Å². The molecule has 0 saturated heterocycles. The molecule has 0 bridgehead atoms. The summed E-state index contributed by atoms with van der Waals surface area (Å²) in [7, 11) is 2.68. The monoisotopic (exact) mass is 491 g/mol. The maximum atomic E-state index is 14.6. The highest BCUT2D eigenvalue weighted by Gasteiger charge is 2.21. The Morgan fingerprint density at radius 1 is 1.23 bits per heavy atom. The van der Waals surface area contributed by atoms with Crippen molar-refractivity contribution in [3.05, 3.63) is 48.7 Å². The van der Waals surface area contributed by atoms with Crippen LogP contribution in [0.2, 0.25) is 5.02 Å².